The summed E-state index contributed by atoms with van der Waals surface area (Å²) in [6.07, 6.45) is 0. The molecule has 1 rings (SSSR count). The van der Waals surface area contributed by atoms with Crippen molar-refractivity contribution in [2.75, 3.05) is 14.2 Å². The molecule has 0 saturated carbocycles. The van der Waals surface area contributed by atoms with E-state index in [1.54, 1.807) is 0 Å². The zero-order valence-corrected chi connectivity index (χ0v) is 9.72. The van der Waals surface area contributed by atoms with Crippen molar-refractivity contribution in [1.29, 1.82) is 0 Å². The average molecular weight is 252 g/mol. The highest BCUT2D eigenvalue weighted by atomic mass is 35.5. The molecule has 0 aromatic heterocycles. The number of sulfonamides is 1. The van der Waals surface area contributed by atoms with Crippen molar-refractivity contribution in [1.82, 2.24) is 0 Å². The molecular formula is C8H10ClNO4S. The first-order chi connectivity index (χ1) is 6.90. The highest BCUT2D eigenvalue weighted by molar-refractivity contribution is 7.89. The third-order valence-electron chi connectivity index (χ3n) is 1.71. The van der Waals surface area contributed by atoms with Gasteiger partial charge in [-0.15, -0.1) is 0 Å². The SMILES string of the molecule is COc1cc(Cl)cc(OC)c1S(N)(=O)=O. The van der Waals surface area contributed by atoms with Crippen LogP contribution in [0.1, 0.15) is 0 Å². The highest BCUT2D eigenvalue weighted by Crippen LogP contribution is 2.35. The van der Waals surface area contributed by atoms with E-state index in [9.17, 15) is 8.42 Å². The first-order valence-electron chi connectivity index (χ1n) is 3.84. The monoisotopic (exact) mass is 251 g/mol. The first kappa shape index (κ1) is 12.1. The van der Waals surface area contributed by atoms with Crippen LogP contribution in [-0.4, -0.2) is 22.6 Å². The molecule has 84 valence electrons. The van der Waals surface area contributed by atoms with Crippen molar-refractivity contribution >= 4 is 21.6 Å². The number of methoxy groups -OCH3 is 2. The Morgan fingerprint density at radius 1 is 1.20 bits per heavy atom. The second kappa shape index (κ2) is 4.26. The van der Waals surface area contributed by atoms with Crippen molar-refractivity contribution in [2.24, 2.45) is 5.14 Å². The van der Waals surface area contributed by atoms with Gasteiger partial charge in [-0.1, -0.05) is 11.6 Å². The van der Waals surface area contributed by atoms with Gasteiger partial charge in [0.15, 0.2) is 4.90 Å². The Bertz CT molecular complexity index is 447. The Hall–Kier alpha value is -0.980. The molecule has 7 heteroatoms. The van der Waals surface area contributed by atoms with E-state index in [-0.39, 0.29) is 16.4 Å². The Balaban J connectivity index is 3.59. The van der Waals surface area contributed by atoms with Crippen molar-refractivity contribution < 1.29 is 17.9 Å². The summed E-state index contributed by atoms with van der Waals surface area (Å²) in [6, 6.07) is 2.70. The molecule has 0 spiro atoms. The van der Waals surface area contributed by atoms with Crippen LogP contribution in [0.4, 0.5) is 0 Å². The first-order valence-corrected chi connectivity index (χ1v) is 5.77. The molecule has 2 N–H and O–H groups in total. The van der Waals surface area contributed by atoms with Gasteiger partial charge in [-0.3, -0.25) is 0 Å². The van der Waals surface area contributed by atoms with Gasteiger partial charge in [0.05, 0.1) is 14.2 Å². The molecule has 0 heterocycles. The van der Waals surface area contributed by atoms with Gasteiger partial charge < -0.3 is 9.47 Å². The van der Waals surface area contributed by atoms with Crippen LogP contribution in [0, 0.1) is 0 Å². The topological polar surface area (TPSA) is 78.6 Å². The van der Waals surface area contributed by atoms with Gasteiger partial charge in [-0.2, -0.15) is 0 Å². The lowest BCUT2D eigenvalue weighted by Crippen LogP contribution is -2.14. The Kier molecular flexibility index (Phi) is 3.43. The fraction of sp³-hybridized carbons (Fsp3) is 0.250. The number of rotatable bonds is 3. The molecule has 1 aromatic carbocycles. The number of halogens is 1. The molecule has 0 bridgehead atoms. The van der Waals surface area contributed by atoms with Crippen LogP contribution in [-0.2, 0) is 10.0 Å². The number of ether oxygens (including phenoxy) is 2. The lowest BCUT2D eigenvalue weighted by Gasteiger charge is -2.11. The molecule has 0 atom stereocenters. The molecule has 1 aromatic rings. The third kappa shape index (κ3) is 2.53. The molecule has 15 heavy (non-hydrogen) atoms. The largest absolute Gasteiger partial charge is 0.495 e. The lowest BCUT2D eigenvalue weighted by atomic mass is 10.3. The van der Waals surface area contributed by atoms with E-state index in [1.807, 2.05) is 0 Å². The number of primary sulfonamides is 1. The smallest absolute Gasteiger partial charge is 0.245 e. The van der Waals surface area contributed by atoms with E-state index in [0.717, 1.165) is 0 Å². The molecule has 0 aliphatic heterocycles. The van der Waals surface area contributed by atoms with E-state index < -0.39 is 10.0 Å². The van der Waals surface area contributed by atoms with Gasteiger partial charge in [0, 0.05) is 17.2 Å². The molecule has 5 nitrogen and oxygen atoms in total. The van der Waals surface area contributed by atoms with Crippen molar-refractivity contribution in [3.63, 3.8) is 0 Å². The molecule has 0 aliphatic rings. The van der Waals surface area contributed by atoms with Crippen LogP contribution in [0.15, 0.2) is 17.0 Å². The normalized spacial score (nSPS) is 11.2. The van der Waals surface area contributed by atoms with Crippen molar-refractivity contribution in [3.05, 3.63) is 17.2 Å². The maximum Gasteiger partial charge on any atom is 0.245 e. The minimum Gasteiger partial charge on any atom is -0.495 e. The van der Waals surface area contributed by atoms with E-state index >= 15 is 0 Å². The standard InChI is InChI=1S/C8H10ClNO4S/c1-13-6-3-5(9)4-7(14-2)8(6)15(10,11)12/h3-4H,1-2H3,(H2,10,11,12). The van der Waals surface area contributed by atoms with Gasteiger partial charge in [-0.05, 0) is 0 Å². The van der Waals surface area contributed by atoms with Crippen molar-refractivity contribution in [2.45, 2.75) is 4.90 Å². The fourth-order valence-corrected chi connectivity index (χ4v) is 2.17. The van der Waals surface area contributed by atoms with Crippen LogP contribution >= 0.6 is 11.6 Å². The van der Waals surface area contributed by atoms with Gasteiger partial charge in [0.25, 0.3) is 0 Å². The van der Waals surface area contributed by atoms with E-state index in [0.29, 0.717) is 5.02 Å². The predicted octanol–water partition coefficient (Wildman–Crippen LogP) is 1.00. The summed E-state index contributed by atoms with van der Waals surface area (Å²) < 4.78 is 32.3. The quantitative estimate of drug-likeness (QED) is 0.869. The van der Waals surface area contributed by atoms with Gasteiger partial charge in [0.1, 0.15) is 11.5 Å². The van der Waals surface area contributed by atoms with E-state index in [1.165, 1.54) is 26.4 Å². The summed E-state index contributed by atoms with van der Waals surface area (Å²) in [5.74, 6) is 0.115. The summed E-state index contributed by atoms with van der Waals surface area (Å²) >= 11 is 5.73. The highest BCUT2D eigenvalue weighted by Gasteiger charge is 2.21. The van der Waals surface area contributed by atoms with Crippen LogP contribution in [0.25, 0.3) is 0 Å². The maximum absolute atomic E-state index is 11.3. The minimum absolute atomic E-state index is 0.0573. The predicted molar refractivity (Wildman–Crippen MR) is 55.9 cm³/mol. The summed E-state index contributed by atoms with van der Waals surface area (Å²) in [5.41, 5.74) is 0. The summed E-state index contributed by atoms with van der Waals surface area (Å²) in [7, 11) is -1.28. The lowest BCUT2D eigenvalue weighted by molar-refractivity contribution is 0.373. The van der Waals surface area contributed by atoms with E-state index in [2.05, 4.69) is 0 Å². The zero-order chi connectivity index (χ0) is 11.6. The molecule has 0 aliphatic carbocycles. The van der Waals surface area contributed by atoms with Crippen LogP contribution in [0.3, 0.4) is 0 Å². The minimum atomic E-state index is -3.91. The molecule has 0 fully saturated rings. The fourth-order valence-electron chi connectivity index (χ4n) is 1.13. The Morgan fingerprint density at radius 2 is 1.60 bits per heavy atom. The third-order valence-corrected chi connectivity index (χ3v) is 2.90. The van der Waals surface area contributed by atoms with Gasteiger partial charge in [-0.25, -0.2) is 13.6 Å². The van der Waals surface area contributed by atoms with Crippen LogP contribution in [0.2, 0.25) is 5.02 Å². The molecule has 0 radical (unpaired) electrons. The second-order valence-corrected chi connectivity index (χ2v) is 4.62. The zero-order valence-electron chi connectivity index (χ0n) is 8.15. The average Bonchev–Trinajstić information content (AvgIpc) is 2.14. The second-order valence-electron chi connectivity index (χ2n) is 2.68. The Labute approximate surface area is 92.8 Å². The molecular weight excluding hydrogens is 242 g/mol. The van der Waals surface area contributed by atoms with Crippen LogP contribution in [0.5, 0.6) is 11.5 Å². The molecule has 0 amide bonds. The molecule has 0 saturated heterocycles. The van der Waals surface area contributed by atoms with E-state index in [4.69, 9.17) is 26.2 Å². The number of hydrogen-bond acceptors (Lipinski definition) is 4. The summed E-state index contributed by atoms with van der Waals surface area (Å²) in [6.45, 7) is 0. The van der Waals surface area contributed by atoms with Gasteiger partial charge in [0.2, 0.25) is 10.0 Å². The summed E-state index contributed by atoms with van der Waals surface area (Å²) in [4.78, 5) is -0.211. The van der Waals surface area contributed by atoms with Crippen LogP contribution < -0.4 is 14.6 Å². The van der Waals surface area contributed by atoms with Crippen molar-refractivity contribution in [3.8, 4) is 11.5 Å². The maximum atomic E-state index is 11.3. The summed E-state index contributed by atoms with van der Waals surface area (Å²) in [5, 5.41) is 5.33. The number of nitrogens with two attached hydrogens (primary N) is 1. The van der Waals surface area contributed by atoms with Gasteiger partial charge >= 0.3 is 0 Å². The number of benzene rings is 1. The molecule has 0 unspecified atom stereocenters. The Morgan fingerprint density at radius 3 is 1.87 bits per heavy atom. The number of hydrogen-bond donors (Lipinski definition) is 1.